The number of nitrogens with two attached hydrogens (primary N) is 1. The normalized spacial score (nSPS) is 13.8. The van der Waals surface area contributed by atoms with Crippen LogP contribution in [0.3, 0.4) is 0 Å². The van der Waals surface area contributed by atoms with E-state index in [2.05, 4.69) is 25.8 Å². The van der Waals surface area contributed by atoms with Gasteiger partial charge in [-0.15, -0.1) is 0 Å². The first-order chi connectivity index (χ1) is 5.70. The fourth-order valence-electron chi connectivity index (χ4n) is 1.13. The van der Waals surface area contributed by atoms with Crippen LogP contribution in [0.5, 0.6) is 0 Å². The molecule has 0 saturated carbocycles. The van der Waals surface area contributed by atoms with Crippen molar-refractivity contribution in [1.29, 1.82) is 0 Å². The van der Waals surface area contributed by atoms with E-state index >= 15 is 0 Å². The second kappa shape index (κ2) is 7.56. The first-order valence-corrected chi connectivity index (χ1v) is 5.14. The van der Waals surface area contributed by atoms with Crippen LogP contribution in [0, 0.1) is 0 Å². The lowest BCUT2D eigenvalue weighted by atomic mass is 10.1. The van der Waals surface area contributed by atoms with E-state index in [9.17, 15) is 0 Å². The maximum Gasteiger partial charge on any atom is 0.00483 e. The number of unbranched alkanes of at least 4 members (excludes halogenated alkanes) is 1. The van der Waals surface area contributed by atoms with Gasteiger partial charge in [-0.25, -0.2) is 0 Å². The molecular weight excluding hydrogens is 148 g/mol. The Morgan fingerprint density at radius 2 is 1.92 bits per heavy atom. The lowest BCUT2D eigenvalue weighted by Crippen LogP contribution is -2.28. The van der Waals surface area contributed by atoms with Gasteiger partial charge in [0.15, 0.2) is 0 Å². The molecule has 1 unspecified atom stereocenters. The second-order valence-corrected chi connectivity index (χ2v) is 3.61. The SMILES string of the molecule is CCCCN(C)CCC(N)CC. The highest BCUT2D eigenvalue weighted by Crippen LogP contribution is 1.97. The minimum absolute atomic E-state index is 0.397. The van der Waals surface area contributed by atoms with Crippen LogP contribution in [-0.2, 0) is 0 Å². The summed E-state index contributed by atoms with van der Waals surface area (Å²) in [7, 11) is 2.18. The molecule has 0 heterocycles. The van der Waals surface area contributed by atoms with Gasteiger partial charge in [0, 0.05) is 6.04 Å². The molecule has 0 aromatic heterocycles. The molecule has 74 valence electrons. The molecule has 1 atom stereocenters. The molecule has 2 nitrogen and oxygen atoms in total. The molecule has 0 rings (SSSR count). The van der Waals surface area contributed by atoms with Crippen molar-refractivity contribution < 1.29 is 0 Å². The smallest absolute Gasteiger partial charge is 0.00483 e. The standard InChI is InChI=1S/C10H24N2/c1-4-6-8-12(3)9-7-10(11)5-2/h10H,4-9,11H2,1-3H3. The summed E-state index contributed by atoms with van der Waals surface area (Å²) in [5, 5.41) is 0. The Kier molecular flexibility index (Phi) is 7.51. The number of hydrogen-bond donors (Lipinski definition) is 1. The third-order valence-corrected chi connectivity index (χ3v) is 2.30. The number of rotatable bonds is 7. The predicted molar refractivity (Wildman–Crippen MR) is 55.3 cm³/mol. The van der Waals surface area contributed by atoms with E-state index in [4.69, 9.17) is 5.73 Å². The maximum absolute atomic E-state index is 5.82. The molecular formula is C10H24N2. The summed E-state index contributed by atoms with van der Waals surface area (Å²) >= 11 is 0. The van der Waals surface area contributed by atoms with Crippen molar-refractivity contribution in [2.45, 2.75) is 45.6 Å². The highest BCUT2D eigenvalue weighted by molar-refractivity contribution is 4.61. The summed E-state index contributed by atoms with van der Waals surface area (Å²) in [5.74, 6) is 0. The van der Waals surface area contributed by atoms with E-state index < -0.39 is 0 Å². The lowest BCUT2D eigenvalue weighted by molar-refractivity contribution is 0.311. The van der Waals surface area contributed by atoms with E-state index in [1.165, 1.54) is 19.4 Å². The van der Waals surface area contributed by atoms with Gasteiger partial charge in [-0.2, -0.15) is 0 Å². The molecule has 0 aliphatic carbocycles. The van der Waals surface area contributed by atoms with Crippen LogP contribution >= 0.6 is 0 Å². The first kappa shape index (κ1) is 11.9. The Labute approximate surface area is 77.1 Å². The maximum atomic E-state index is 5.82. The van der Waals surface area contributed by atoms with Crippen LogP contribution in [0.1, 0.15) is 39.5 Å². The van der Waals surface area contributed by atoms with Crippen LogP contribution in [-0.4, -0.2) is 31.1 Å². The highest BCUT2D eigenvalue weighted by atomic mass is 15.1. The highest BCUT2D eigenvalue weighted by Gasteiger charge is 2.01. The van der Waals surface area contributed by atoms with Gasteiger partial charge in [-0.1, -0.05) is 20.3 Å². The molecule has 0 aliphatic rings. The van der Waals surface area contributed by atoms with Gasteiger partial charge in [0.25, 0.3) is 0 Å². The molecule has 0 spiro atoms. The summed E-state index contributed by atoms with van der Waals surface area (Å²) in [6.07, 6.45) is 4.82. The van der Waals surface area contributed by atoms with E-state index in [1.807, 2.05) is 0 Å². The van der Waals surface area contributed by atoms with Crippen LogP contribution in [0.15, 0.2) is 0 Å². The summed E-state index contributed by atoms with van der Waals surface area (Å²) in [6.45, 7) is 6.74. The fraction of sp³-hybridized carbons (Fsp3) is 1.00. The average Bonchev–Trinajstić information content (AvgIpc) is 2.10. The Balaban J connectivity index is 3.24. The largest absolute Gasteiger partial charge is 0.328 e. The summed E-state index contributed by atoms with van der Waals surface area (Å²) in [4.78, 5) is 2.37. The molecule has 0 aliphatic heterocycles. The molecule has 0 aromatic carbocycles. The Hall–Kier alpha value is -0.0800. The molecule has 0 saturated heterocycles. The first-order valence-electron chi connectivity index (χ1n) is 5.14. The van der Waals surface area contributed by atoms with Gasteiger partial charge in [0.05, 0.1) is 0 Å². The predicted octanol–water partition coefficient (Wildman–Crippen LogP) is 1.85. The minimum Gasteiger partial charge on any atom is -0.328 e. The molecule has 0 amide bonds. The molecule has 0 aromatic rings. The zero-order valence-corrected chi connectivity index (χ0v) is 8.84. The Morgan fingerprint density at radius 3 is 2.42 bits per heavy atom. The number of hydrogen-bond acceptors (Lipinski definition) is 2. The van der Waals surface area contributed by atoms with Crippen LogP contribution < -0.4 is 5.73 Å². The van der Waals surface area contributed by atoms with Crippen molar-refractivity contribution in [2.24, 2.45) is 5.73 Å². The van der Waals surface area contributed by atoms with E-state index in [1.54, 1.807) is 0 Å². The summed E-state index contributed by atoms with van der Waals surface area (Å²) < 4.78 is 0. The summed E-state index contributed by atoms with van der Waals surface area (Å²) in [6, 6.07) is 0.397. The second-order valence-electron chi connectivity index (χ2n) is 3.61. The van der Waals surface area contributed by atoms with Crippen molar-refractivity contribution in [3.8, 4) is 0 Å². The van der Waals surface area contributed by atoms with Gasteiger partial charge in [0.1, 0.15) is 0 Å². The molecule has 0 radical (unpaired) electrons. The van der Waals surface area contributed by atoms with Gasteiger partial charge in [-0.3, -0.25) is 0 Å². The van der Waals surface area contributed by atoms with Gasteiger partial charge < -0.3 is 10.6 Å². The topological polar surface area (TPSA) is 29.3 Å². The quantitative estimate of drug-likeness (QED) is 0.635. The van der Waals surface area contributed by atoms with Crippen molar-refractivity contribution in [3.05, 3.63) is 0 Å². The molecule has 0 fully saturated rings. The van der Waals surface area contributed by atoms with Crippen molar-refractivity contribution in [1.82, 2.24) is 4.90 Å². The van der Waals surface area contributed by atoms with Crippen LogP contribution in [0.4, 0.5) is 0 Å². The average molecular weight is 172 g/mol. The Bertz CT molecular complexity index is 93.8. The number of nitrogens with zero attached hydrogens (tertiary/aromatic N) is 1. The van der Waals surface area contributed by atoms with Gasteiger partial charge >= 0.3 is 0 Å². The molecule has 12 heavy (non-hydrogen) atoms. The Morgan fingerprint density at radius 1 is 1.25 bits per heavy atom. The van der Waals surface area contributed by atoms with Crippen LogP contribution in [0.2, 0.25) is 0 Å². The summed E-state index contributed by atoms with van der Waals surface area (Å²) in [5.41, 5.74) is 5.82. The third-order valence-electron chi connectivity index (χ3n) is 2.30. The fourth-order valence-corrected chi connectivity index (χ4v) is 1.13. The molecule has 2 N–H and O–H groups in total. The molecule has 0 bridgehead atoms. The monoisotopic (exact) mass is 172 g/mol. The van der Waals surface area contributed by atoms with Crippen molar-refractivity contribution >= 4 is 0 Å². The molecule has 2 heteroatoms. The van der Waals surface area contributed by atoms with E-state index in [-0.39, 0.29) is 0 Å². The van der Waals surface area contributed by atoms with E-state index in [0.717, 1.165) is 19.4 Å². The van der Waals surface area contributed by atoms with Crippen molar-refractivity contribution in [2.75, 3.05) is 20.1 Å². The third kappa shape index (κ3) is 6.62. The van der Waals surface area contributed by atoms with Gasteiger partial charge in [0.2, 0.25) is 0 Å². The lowest BCUT2D eigenvalue weighted by Gasteiger charge is -2.18. The van der Waals surface area contributed by atoms with Crippen molar-refractivity contribution in [3.63, 3.8) is 0 Å². The van der Waals surface area contributed by atoms with Gasteiger partial charge in [-0.05, 0) is 39.4 Å². The van der Waals surface area contributed by atoms with E-state index in [0.29, 0.717) is 6.04 Å². The zero-order valence-electron chi connectivity index (χ0n) is 8.84. The minimum atomic E-state index is 0.397. The zero-order chi connectivity index (χ0) is 9.40. The van der Waals surface area contributed by atoms with Crippen LogP contribution in [0.25, 0.3) is 0 Å².